The van der Waals surface area contributed by atoms with E-state index in [4.69, 9.17) is 9.15 Å². The summed E-state index contributed by atoms with van der Waals surface area (Å²) in [5, 5.41) is 11.5. The Morgan fingerprint density at radius 1 is 1.28 bits per heavy atom. The van der Waals surface area contributed by atoms with E-state index in [1.54, 1.807) is 0 Å². The summed E-state index contributed by atoms with van der Waals surface area (Å²) in [6, 6.07) is 0.767. The monoisotopic (exact) mass is 253 g/mol. The van der Waals surface area contributed by atoms with Crippen molar-refractivity contribution in [2.24, 2.45) is 0 Å². The predicted molar refractivity (Wildman–Crippen MR) is 68.2 cm³/mol. The minimum Gasteiger partial charge on any atom is -0.423 e. The van der Waals surface area contributed by atoms with Crippen LogP contribution in [-0.4, -0.2) is 28.4 Å². The van der Waals surface area contributed by atoms with Gasteiger partial charge in [0.15, 0.2) is 0 Å². The molecule has 102 valence electrons. The van der Waals surface area contributed by atoms with Crippen LogP contribution in [0, 0.1) is 0 Å². The molecule has 1 aromatic heterocycles. The molecule has 0 spiro atoms. The van der Waals surface area contributed by atoms with Crippen LogP contribution < -0.4 is 5.32 Å². The molecule has 0 bridgehead atoms. The van der Waals surface area contributed by atoms with E-state index >= 15 is 0 Å². The molecule has 0 saturated heterocycles. The van der Waals surface area contributed by atoms with Crippen LogP contribution in [0.25, 0.3) is 0 Å². The molecule has 2 rings (SSSR count). The van der Waals surface area contributed by atoms with E-state index < -0.39 is 0 Å². The molecule has 18 heavy (non-hydrogen) atoms. The maximum atomic E-state index is 5.59. The molecule has 1 aliphatic rings. The Morgan fingerprint density at radius 2 is 2.00 bits per heavy atom. The molecular weight excluding hydrogens is 230 g/mol. The van der Waals surface area contributed by atoms with Gasteiger partial charge in [-0.05, 0) is 46.6 Å². The van der Waals surface area contributed by atoms with Gasteiger partial charge in [0, 0.05) is 12.5 Å². The Balaban J connectivity index is 1.65. The van der Waals surface area contributed by atoms with Crippen LogP contribution in [0.2, 0.25) is 0 Å². The van der Waals surface area contributed by atoms with E-state index in [1.807, 2.05) is 20.8 Å². The molecule has 1 aliphatic carbocycles. The lowest BCUT2D eigenvalue weighted by Gasteiger charge is -2.17. The molecule has 0 radical (unpaired) electrons. The SMILES string of the molecule is CC(C)(C)OCc1nnc(CCCNC2CC2)o1. The molecule has 0 amide bonds. The molecule has 1 fully saturated rings. The average molecular weight is 253 g/mol. The summed E-state index contributed by atoms with van der Waals surface area (Å²) in [4.78, 5) is 0. The first-order chi connectivity index (χ1) is 8.53. The average Bonchev–Trinajstić information content (AvgIpc) is 3.00. The van der Waals surface area contributed by atoms with Gasteiger partial charge in [-0.25, -0.2) is 0 Å². The number of nitrogens with zero attached hydrogens (tertiary/aromatic N) is 2. The van der Waals surface area contributed by atoms with Crippen molar-refractivity contribution in [3.8, 4) is 0 Å². The highest BCUT2D eigenvalue weighted by atomic mass is 16.5. The third-order valence-electron chi connectivity index (χ3n) is 2.72. The quantitative estimate of drug-likeness (QED) is 0.754. The van der Waals surface area contributed by atoms with Gasteiger partial charge in [0.25, 0.3) is 0 Å². The zero-order valence-electron chi connectivity index (χ0n) is 11.5. The molecule has 0 unspecified atom stereocenters. The van der Waals surface area contributed by atoms with Gasteiger partial charge in [-0.2, -0.15) is 0 Å². The predicted octanol–water partition coefficient (Wildman–Crippen LogP) is 2.07. The highest BCUT2D eigenvalue weighted by molar-refractivity contribution is 4.83. The van der Waals surface area contributed by atoms with Crippen LogP contribution in [0.15, 0.2) is 4.42 Å². The van der Waals surface area contributed by atoms with Crippen molar-refractivity contribution in [1.82, 2.24) is 15.5 Å². The summed E-state index contributed by atoms with van der Waals surface area (Å²) in [7, 11) is 0. The fourth-order valence-electron chi connectivity index (χ4n) is 1.56. The summed E-state index contributed by atoms with van der Waals surface area (Å²) >= 11 is 0. The molecule has 0 aliphatic heterocycles. The number of hydrogen-bond acceptors (Lipinski definition) is 5. The van der Waals surface area contributed by atoms with Crippen molar-refractivity contribution in [3.63, 3.8) is 0 Å². The van der Waals surface area contributed by atoms with E-state index in [0.29, 0.717) is 18.4 Å². The summed E-state index contributed by atoms with van der Waals surface area (Å²) in [5.41, 5.74) is -0.178. The van der Waals surface area contributed by atoms with E-state index in [0.717, 1.165) is 25.4 Å². The summed E-state index contributed by atoms with van der Waals surface area (Å²) in [5.74, 6) is 1.27. The minimum absolute atomic E-state index is 0.178. The molecule has 1 aromatic rings. The van der Waals surface area contributed by atoms with Crippen molar-refractivity contribution in [2.45, 2.75) is 64.7 Å². The lowest BCUT2D eigenvalue weighted by Crippen LogP contribution is -2.18. The van der Waals surface area contributed by atoms with Crippen LogP contribution >= 0.6 is 0 Å². The summed E-state index contributed by atoms with van der Waals surface area (Å²) in [6.07, 6.45) is 4.53. The molecular formula is C13H23N3O2. The molecule has 1 N–H and O–H groups in total. The number of nitrogens with one attached hydrogen (secondary N) is 1. The van der Waals surface area contributed by atoms with E-state index in [2.05, 4.69) is 15.5 Å². The van der Waals surface area contributed by atoms with Gasteiger partial charge in [0.2, 0.25) is 11.8 Å². The fraction of sp³-hybridized carbons (Fsp3) is 0.846. The third kappa shape index (κ3) is 5.14. The lowest BCUT2D eigenvalue weighted by molar-refractivity contribution is -0.0247. The Morgan fingerprint density at radius 3 is 2.67 bits per heavy atom. The van der Waals surface area contributed by atoms with Gasteiger partial charge in [0.05, 0.1) is 5.60 Å². The Labute approximate surface area is 108 Å². The molecule has 0 atom stereocenters. The van der Waals surface area contributed by atoms with Crippen LogP contribution in [-0.2, 0) is 17.8 Å². The molecule has 1 saturated carbocycles. The first-order valence-electron chi connectivity index (χ1n) is 6.71. The standard InChI is InChI=1S/C13H23N3O2/c1-13(2,3)17-9-12-16-15-11(18-12)5-4-8-14-10-6-7-10/h10,14H,4-9H2,1-3H3. The second-order valence-corrected chi connectivity index (χ2v) is 5.82. The number of hydrogen-bond donors (Lipinski definition) is 1. The maximum Gasteiger partial charge on any atom is 0.242 e. The van der Waals surface area contributed by atoms with Crippen molar-refractivity contribution >= 4 is 0 Å². The topological polar surface area (TPSA) is 60.2 Å². The summed E-state index contributed by atoms with van der Waals surface area (Å²) < 4.78 is 11.1. The van der Waals surface area contributed by atoms with Gasteiger partial charge in [-0.3, -0.25) is 0 Å². The second kappa shape index (κ2) is 5.80. The zero-order chi connectivity index (χ0) is 13.0. The van der Waals surface area contributed by atoms with Gasteiger partial charge in [-0.15, -0.1) is 10.2 Å². The Bertz CT molecular complexity index is 367. The van der Waals surface area contributed by atoms with Crippen LogP contribution in [0.3, 0.4) is 0 Å². The third-order valence-corrected chi connectivity index (χ3v) is 2.72. The first-order valence-corrected chi connectivity index (χ1v) is 6.71. The zero-order valence-corrected chi connectivity index (χ0v) is 11.5. The lowest BCUT2D eigenvalue weighted by atomic mass is 10.2. The molecule has 1 heterocycles. The van der Waals surface area contributed by atoms with Gasteiger partial charge in [-0.1, -0.05) is 0 Å². The minimum atomic E-state index is -0.178. The Hall–Kier alpha value is -0.940. The number of ether oxygens (including phenoxy) is 1. The number of aromatic nitrogens is 2. The molecule has 0 aromatic carbocycles. The second-order valence-electron chi connectivity index (χ2n) is 5.82. The van der Waals surface area contributed by atoms with Crippen molar-refractivity contribution < 1.29 is 9.15 Å². The highest BCUT2D eigenvalue weighted by Crippen LogP contribution is 2.18. The van der Waals surface area contributed by atoms with E-state index in [-0.39, 0.29) is 5.60 Å². The van der Waals surface area contributed by atoms with Crippen molar-refractivity contribution in [3.05, 3.63) is 11.8 Å². The maximum absolute atomic E-state index is 5.59. The van der Waals surface area contributed by atoms with Gasteiger partial charge >= 0.3 is 0 Å². The van der Waals surface area contributed by atoms with Crippen LogP contribution in [0.5, 0.6) is 0 Å². The number of aryl methyl sites for hydroxylation is 1. The first kappa shape index (κ1) is 13.5. The smallest absolute Gasteiger partial charge is 0.242 e. The summed E-state index contributed by atoms with van der Waals surface area (Å²) in [6.45, 7) is 7.44. The van der Waals surface area contributed by atoms with Gasteiger partial charge < -0.3 is 14.5 Å². The van der Waals surface area contributed by atoms with Crippen molar-refractivity contribution in [2.75, 3.05) is 6.54 Å². The van der Waals surface area contributed by atoms with Crippen molar-refractivity contribution in [1.29, 1.82) is 0 Å². The molecule has 5 heteroatoms. The van der Waals surface area contributed by atoms with Gasteiger partial charge in [0.1, 0.15) is 6.61 Å². The van der Waals surface area contributed by atoms with E-state index in [9.17, 15) is 0 Å². The molecule has 5 nitrogen and oxygen atoms in total. The fourth-order valence-corrected chi connectivity index (χ4v) is 1.56. The number of rotatable bonds is 7. The van der Waals surface area contributed by atoms with Crippen LogP contribution in [0.1, 0.15) is 51.8 Å². The van der Waals surface area contributed by atoms with E-state index in [1.165, 1.54) is 12.8 Å². The highest BCUT2D eigenvalue weighted by Gasteiger charge is 2.19. The van der Waals surface area contributed by atoms with Crippen LogP contribution in [0.4, 0.5) is 0 Å². The normalized spacial score (nSPS) is 16.2. The largest absolute Gasteiger partial charge is 0.423 e. The Kier molecular flexibility index (Phi) is 4.35.